The summed E-state index contributed by atoms with van der Waals surface area (Å²) in [5, 5.41) is 17.1. The average molecular weight is 146 g/mol. The molecule has 3 nitrogen and oxygen atoms in total. The molecule has 0 atom stereocenters. The van der Waals surface area contributed by atoms with Crippen molar-refractivity contribution in [3.05, 3.63) is 29.8 Å². The molecule has 0 aliphatic carbocycles. The first kappa shape index (κ1) is 10.1. The third-order valence-electron chi connectivity index (χ3n) is 1.11. The van der Waals surface area contributed by atoms with Crippen LogP contribution in [-0.2, 0) is 0 Å². The van der Waals surface area contributed by atoms with Gasteiger partial charge >= 0.3 is 24.8 Å². The molecule has 0 heterocycles. The quantitative estimate of drug-likeness (QED) is 0.460. The minimum atomic E-state index is -0.986. The Labute approximate surface area is 77.3 Å². The van der Waals surface area contributed by atoms with E-state index >= 15 is 0 Å². The van der Waals surface area contributed by atoms with E-state index in [0.29, 0.717) is 0 Å². The first-order chi connectivity index (χ1) is 4.70. The average Bonchev–Trinajstić information content (AvgIpc) is 1.88. The minimum Gasteiger partial charge on any atom is -1.00 e. The fourth-order valence-electron chi connectivity index (χ4n) is 0.604. The fourth-order valence-corrected chi connectivity index (χ4v) is 0.604. The largest absolute Gasteiger partial charge is 1.00 e. The van der Waals surface area contributed by atoms with Crippen molar-refractivity contribution < 1.29 is 35.3 Å². The van der Waals surface area contributed by atoms with E-state index in [-0.39, 0.29) is 31.6 Å². The van der Waals surface area contributed by atoms with Crippen LogP contribution in [0.1, 0.15) is 11.8 Å². The van der Waals surface area contributed by atoms with Crippen molar-refractivity contribution in [2.45, 2.75) is 0 Å². The van der Waals surface area contributed by atoms with Crippen molar-refractivity contribution in [1.82, 2.24) is 0 Å². The van der Waals surface area contributed by atoms with Gasteiger partial charge < -0.3 is 11.6 Å². The second-order valence-electron chi connectivity index (χ2n) is 1.85. The maximum absolute atomic E-state index is 10.2. The number of aromatic carboxylic acids is 1. The van der Waals surface area contributed by atoms with Gasteiger partial charge in [0.2, 0.25) is 0 Å². The first-order valence-corrected chi connectivity index (χ1v) is 2.72. The van der Waals surface area contributed by atoms with Gasteiger partial charge in [0.15, 0.2) is 0 Å². The summed E-state index contributed by atoms with van der Waals surface area (Å²) in [7, 11) is 0. The van der Waals surface area contributed by atoms with Gasteiger partial charge in [0.25, 0.3) is 0 Å². The molecule has 0 saturated heterocycles. The Kier molecular flexibility index (Phi) is 3.73. The van der Waals surface area contributed by atoms with Crippen LogP contribution < -0.4 is 18.9 Å². The molecule has 0 unspecified atom stereocenters. The molecule has 0 bridgehead atoms. The summed E-state index contributed by atoms with van der Waals surface area (Å²) < 4.78 is 0. The SMILES string of the molecule is O=C(O)c1ccc(O)cc1.[H-].[Li+]. The Morgan fingerprint density at radius 3 is 2.09 bits per heavy atom. The number of benzene rings is 1. The van der Waals surface area contributed by atoms with Gasteiger partial charge in [-0.1, -0.05) is 0 Å². The zero-order valence-corrected chi connectivity index (χ0v) is 6.11. The van der Waals surface area contributed by atoms with Crippen LogP contribution >= 0.6 is 0 Å². The Balaban J connectivity index is 0. The molecule has 0 saturated carbocycles. The zero-order valence-electron chi connectivity index (χ0n) is 7.11. The maximum Gasteiger partial charge on any atom is 1.00 e. The van der Waals surface area contributed by atoms with E-state index in [0.717, 1.165) is 0 Å². The molecular weight excluding hydrogens is 139 g/mol. The number of phenolic OH excluding ortho intramolecular Hbond substituents is 1. The van der Waals surface area contributed by atoms with E-state index in [9.17, 15) is 4.79 Å². The monoisotopic (exact) mass is 146 g/mol. The van der Waals surface area contributed by atoms with Crippen LogP contribution in [-0.4, -0.2) is 16.2 Å². The molecule has 0 spiro atoms. The number of hydrogen-bond donors (Lipinski definition) is 2. The van der Waals surface area contributed by atoms with Gasteiger partial charge in [-0.2, -0.15) is 0 Å². The molecule has 1 aromatic carbocycles. The molecule has 54 valence electrons. The van der Waals surface area contributed by atoms with Crippen LogP contribution in [0.5, 0.6) is 5.75 Å². The summed E-state index contributed by atoms with van der Waals surface area (Å²) in [5.41, 5.74) is 0.179. The zero-order chi connectivity index (χ0) is 7.56. The fraction of sp³-hybridized carbons (Fsp3) is 0. The van der Waals surface area contributed by atoms with Crippen LogP contribution in [0.2, 0.25) is 0 Å². The standard InChI is InChI=1S/C7H6O3.Li.H/c8-6-3-1-5(2-4-6)7(9)10;;/h1-4,8H,(H,9,10);;/q;+1;-1. The summed E-state index contributed by atoms with van der Waals surface area (Å²) in [4.78, 5) is 10.2. The molecular formula is C7H7LiO3. The van der Waals surface area contributed by atoms with E-state index in [1.807, 2.05) is 0 Å². The second-order valence-corrected chi connectivity index (χ2v) is 1.85. The van der Waals surface area contributed by atoms with Gasteiger partial charge in [-0.3, -0.25) is 0 Å². The molecule has 1 aromatic rings. The van der Waals surface area contributed by atoms with Crippen LogP contribution in [0.15, 0.2) is 24.3 Å². The Morgan fingerprint density at radius 1 is 1.27 bits per heavy atom. The Bertz CT molecular complexity index is 247. The van der Waals surface area contributed by atoms with E-state index in [1.165, 1.54) is 24.3 Å². The number of carboxylic acids is 1. The number of aromatic hydroxyl groups is 1. The molecule has 4 heteroatoms. The maximum atomic E-state index is 10.2. The Morgan fingerprint density at radius 2 is 1.73 bits per heavy atom. The molecule has 0 amide bonds. The molecule has 0 radical (unpaired) electrons. The number of carboxylic acid groups (broad SMARTS) is 1. The summed E-state index contributed by atoms with van der Waals surface area (Å²) in [6.07, 6.45) is 0. The van der Waals surface area contributed by atoms with Gasteiger partial charge in [0, 0.05) is 0 Å². The van der Waals surface area contributed by atoms with Crippen molar-refractivity contribution in [2.75, 3.05) is 0 Å². The molecule has 1 rings (SSSR count). The smallest absolute Gasteiger partial charge is 1.00 e. The van der Waals surface area contributed by atoms with Crippen molar-refractivity contribution in [3.63, 3.8) is 0 Å². The van der Waals surface area contributed by atoms with Crippen molar-refractivity contribution in [1.29, 1.82) is 0 Å². The summed E-state index contributed by atoms with van der Waals surface area (Å²) in [5.74, 6) is -0.912. The van der Waals surface area contributed by atoms with Gasteiger partial charge in [-0.05, 0) is 24.3 Å². The molecule has 0 aliphatic heterocycles. The van der Waals surface area contributed by atoms with Crippen molar-refractivity contribution in [3.8, 4) is 5.75 Å². The molecule has 0 aliphatic rings. The van der Waals surface area contributed by atoms with Gasteiger partial charge in [0.05, 0.1) is 5.56 Å². The molecule has 11 heavy (non-hydrogen) atoms. The number of hydrogen-bond acceptors (Lipinski definition) is 2. The number of phenols is 1. The topological polar surface area (TPSA) is 57.5 Å². The third kappa shape index (κ3) is 2.67. The van der Waals surface area contributed by atoms with Gasteiger partial charge in [-0.15, -0.1) is 0 Å². The van der Waals surface area contributed by atoms with E-state index < -0.39 is 5.97 Å². The van der Waals surface area contributed by atoms with Crippen molar-refractivity contribution in [2.24, 2.45) is 0 Å². The van der Waals surface area contributed by atoms with E-state index in [2.05, 4.69) is 0 Å². The van der Waals surface area contributed by atoms with E-state index in [1.54, 1.807) is 0 Å². The Hall–Kier alpha value is -0.913. The van der Waals surface area contributed by atoms with Crippen LogP contribution in [0.25, 0.3) is 0 Å². The third-order valence-corrected chi connectivity index (χ3v) is 1.11. The van der Waals surface area contributed by atoms with E-state index in [4.69, 9.17) is 10.2 Å². The predicted molar refractivity (Wildman–Crippen MR) is 36.2 cm³/mol. The number of rotatable bonds is 1. The summed E-state index contributed by atoms with van der Waals surface area (Å²) in [6, 6.07) is 5.36. The van der Waals surface area contributed by atoms with Gasteiger partial charge in [-0.25, -0.2) is 4.79 Å². The number of carbonyl (C=O) groups is 1. The molecule has 2 N–H and O–H groups in total. The van der Waals surface area contributed by atoms with Gasteiger partial charge in [0.1, 0.15) is 5.75 Å². The normalized spacial score (nSPS) is 8.36. The van der Waals surface area contributed by atoms with Crippen LogP contribution in [0, 0.1) is 0 Å². The molecule has 0 fully saturated rings. The molecule has 0 aromatic heterocycles. The minimum absolute atomic E-state index is 0. The van der Waals surface area contributed by atoms with Crippen LogP contribution in [0.3, 0.4) is 0 Å². The predicted octanol–water partition coefficient (Wildman–Crippen LogP) is -1.79. The van der Waals surface area contributed by atoms with Crippen LogP contribution in [0.4, 0.5) is 0 Å². The summed E-state index contributed by atoms with van der Waals surface area (Å²) in [6.45, 7) is 0. The summed E-state index contributed by atoms with van der Waals surface area (Å²) >= 11 is 0. The van der Waals surface area contributed by atoms with Crippen molar-refractivity contribution >= 4 is 5.97 Å². The second kappa shape index (κ2) is 4.07. The first-order valence-electron chi connectivity index (χ1n) is 2.72.